The minimum atomic E-state index is -0.333. The van der Waals surface area contributed by atoms with Gasteiger partial charge >= 0.3 is 0 Å². The Hall–Kier alpha value is -3.61. The lowest BCUT2D eigenvalue weighted by molar-refractivity contribution is 0.102. The van der Waals surface area contributed by atoms with Gasteiger partial charge in [0.1, 0.15) is 29.3 Å². The Morgan fingerprint density at radius 3 is 2.56 bits per heavy atom. The van der Waals surface area contributed by atoms with Gasteiger partial charge in [-0.05, 0) is 43.3 Å². The fourth-order valence-corrected chi connectivity index (χ4v) is 2.39. The summed E-state index contributed by atoms with van der Waals surface area (Å²) in [6.45, 7) is 2.55. The number of nitrogens with zero attached hydrogens (tertiary/aromatic N) is 2. The molecule has 0 radical (unpaired) electrons. The van der Waals surface area contributed by atoms with Gasteiger partial charge in [0.05, 0.1) is 13.7 Å². The number of amides is 1. The molecule has 138 valence electrons. The Bertz CT molecular complexity index is 913. The van der Waals surface area contributed by atoms with E-state index >= 15 is 0 Å². The molecule has 0 aliphatic heterocycles. The summed E-state index contributed by atoms with van der Waals surface area (Å²) >= 11 is 0. The third-order valence-electron chi connectivity index (χ3n) is 3.67. The molecule has 3 rings (SSSR count). The lowest BCUT2D eigenvalue weighted by Gasteiger charge is -2.09. The smallest absolute Gasteiger partial charge is 0.274 e. The number of carbonyl (C=O) groups is 1. The van der Waals surface area contributed by atoms with Crippen LogP contribution in [0.3, 0.4) is 0 Å². The van der Waals surface area contributed by atoms with E-state index in [2.05, 4.69) is 20.6 Å². The highest BCUT2D eigenvalue weighted by molar-refractivity contribution is 6.03. The second-order valence-electron chi connectivity index (χ2n) is 5.56. The number of ether oxygens (including phenoxy) is 2. The number of anilines is 3. The molecule has 0 bridgehead atoms. The van der Waals surface area contributed by atoms with Crippen LogP contribution in [0.5, 0.6) is 11.5 Å². The first kappa shape index (κ1) is 18.2. The molecule has 3 aromatic rings. The molecule has 0 saturated carbocycles. The van der Waals surface area contributed by atoms with Gasteiger partial charge in [0.2, 0.25) is 0 Å². The van der Waals surface area contributed by atoms with Crippen LogP contribution in [0.4, 0.5) is 17.2 Å². The predicted octanol–water partition coefficient (Wildman–Crippen LogP) is 3.88. The number of carbonyl (C=O) groups excluding carboxylic acids is 1. The quantitative estimate of drug-likeness (QED) is 0.662. The number of methoxy groups -OCH3 is 1. The summed E-state index contributed by atoms with van der Waals surface area (Å²) in [4.78, 5) is 20.6. The summed E-state index contributed by atoms with van der Waals surface area (Å²) in [7, 11) is 1.57. The minimum Gasteiger partial charge on any atom is -0.497 e. The molecule has 0 saturated heterocycles. The van der Waals surface area contributed by atoms with Crippen LogP contribution in [-0.4, -0.2) is 29.6 Å². The normalized spacial score (nSPS) is 10.1. The van der Waals surface area contributed by atoms with Gasteiger partial charge in [-0.25, -0.2) is 9.97 Å². The first-order chi connectivity index (χ1) is 13.2. The summed E-state index contributed by atoms with van der Waals surface area (Å²) in [5.41, 5.74) is 1.71. The number of aromatic nitrogens is 2. The van der Waals surface area contributed by atoms with Crippen LogP contribution in [0.25, 0.3) is 0 Å². The Labute approximate surface area is 157 Å². The van der Waals surface area contributed by atoms with Crippen molar-refractivity contribution >= 4 is 23.1 Å². The minimum absolute atomic E-state index is 0.251. The Balaban J connectivity index is 1.69. The van der Waals surface area contributed by atoms with Crippen molar-refractivity contribution in [2.45, 2.75) is 6.92 Å². The second-order valence-corrected chi connectivity index (χ2v) is 5.56. The maximum absolute atomic E-state index is 12.4. The van der Waals surface area contributed by atoms with Crippen molar-refractivity contribution in [3.8, 4) is 11.5 Å². The Kier molecular flexibility index (Phi) is 5.84. The van der Waals surface area contributed by atoms with E-state index in [1.165, 1.54) is 6.33 Å². The highest BCUT2D eigenvalue weighted by atomic mass is 16.5. The van der Waals surface area contributed by atoms with Crippen LogP contribution in [0, 0.1) is 0 Å². The molecule has 0 fully saturated rings. The summed E-state index contributed by atoms with van der Waals surface area (Å²) in [6, 6.07) is 16.2. The van der Waals surface area contributed by atoms with Crippen molar-refractivity contribution in [2.24, 2.45) is 0 Å². The van der Waals surface area contributed by atoms with Crippen molar-refractivity contribution in [1.29, 1.82) is 0 Å². The number of nitrogens with one attached hydrogen (secondary N) is 2. The van der Waals surface area contributed by atoms with Crippen LogP contribution in [0.15, 0.2) is 60.9 Å². The summed E-state index contributed by atoms with van der Waals surface area (Å²) < 4.78 is 10.6. The van der Waals surface area contributed by atoms with Gasteiger partial charge in [-0.2, -0.15) is 0 Å². The summed E-state index contributed by atoms with van der Waals surface area (Å²) in [6.07, 6.45) is 1.34. The molecule has 2 aromatic carbocycles. The van der Waals surface area contributed by atoms with Crippen LogP contribution in [0.2, 0.25) is 0 Å². The van der Waals surface area contributed by atoms with Gasteiger partial charge in [-0.3, -0.25) is 4.79 Å². The highest BCUT2D eigenvalue weighted by Gasteiger charge is 2.10. The Morgan fingerprint density at radius 1 is 1.00 bits per heavy atom. The average molecular weight is 364 g/mol. The van der Waals surface area contributed by atoms with Crippen molar-refractivity contribution in [2.75, 3.05) is 24.4 Å². The molecular formula is C20H20N4O3. The van der Waals surface area contributed by atoms with E-state index in [0.29, 0.717) is 23.9 Å². The Morgan fingerprint density at radius 2 is 1.81 bits per heavy atom. The molecule has 1 amide bonds. The van der Waals surface area contributed by atoms with Crippen LogP contribution in [-0.2, 0) is 0 Å². The molecule has 1 aromatic heterocycles. The number of hydrogen-bond donors (Lipinski definition) is 2. The molecule has 0 spiro atoms. The standard InChI is InChI=1S/C20H20N4O3/c1-3-27-16-9-7-14(8-10-16)23-19-12-18(21-13-22-19)20(25)24-15-5-4-6-17(11-15)26-2/h4-13H,3H2,1-2H3,(H,24,25)(H,21,22,23). The molecule has 0 aliphatic carbocycles. The van der Waals surface area contributed by atoms with E-state index in [9.17, 15) is 4.79 Å². The van der Waals surface area contributed by atoms with Gasteiger partial charge < -0.3 is 20.1 Å². The van der Waals surface area contributed by atoms with Gasteiger partial charge in [-0.15, -0.1) is 0 Å². The van der Waals surface area contributed by atoms with Crippen molar-refractivity contribution < 1.29 is 14.3 Å². The molecule has 27 heavy (non-hydrogen) atoms. The van der Waals surface area contributed by atoms with Gasteiger partial charge in [0, 0.05) is 23.5 Å². The molecule has 2 N–H and O–H groups in total. The van der Waals surface area contributed by atoms with E-state index in [4.69, 9.17) is 9.47 Å². The fourth-order valence-electron chi connectivity index (χ4n) is 2.39. The molecule has 0 atom stereocenters. The predicted molar refractivity (Wildman–Crippen MR) is 104 cm³/mol. The maximum atomic E-state index is 12.4. The van der Waals surface area contributed by atoms with Crippen molar-refractivity contribution in [3.05, 3.63) is 66.6 Å². The lowest BCUT2D eigenvalue weighted by Crippen LogP contribution is -2.14. The summed E-state index contributed by atoms with van der Waals surface area (Å²) in [5, 5.41) is 5.94. The summed E-state index contributed by atoms with van der Waals surface area (Å²) in [5.74, 6) is 1.64. The van der Waals surface area contributed by atoms with Crippen LogP contribution >= 0.6 is 0 Å². The zero-order valence-electron chi connectivity index (χ0n) is 15.1. The van der Waals surface area contributed by atoms with E-state index in [-0.39, 0.29) is 11.6 Å². The maximum Gasteiger partial charge on any atom is 0.274 e. The largest absolute Gasteiger partial charge is 0.497 e. The zero-order chi connectivity index (χ0) is 19.1. The molecule has 7 nitrogen and oxygen atoms in total. The lowest BCUT2D eigenvalue weighted by atomic mass is 10.2. The number of benzene rings is 2. The third-order valence-corrected chi connectivity index (χ3v) is 3.67. The molecule has 7 heteroatoms. The molecule has 0 aliphatic rings. The SMILES string of the molecule is CCOc1ccc(Nc2cc(C(=O)Nc3cccc(OC)c3)ncn2)cc1. The molecule has 1 heterocycles. The van der Waals surface area contributed by atoms with Gasteiger partial charge in [0.25, 0.3) is 5.91 Å². The van der Waals surface area contributed by atoms with Crippen LogP contribution < -0.4 is 20.1 Å². The monoisotopic (exact) mass is 364 g/mol. The second kappa shape index (κ2) is 8.66. The third kappa shape index (κ3) is 4.94. The topological polar surface area (TPSA) is 85.4 Å². The van der Waals surface area contributed by atoms with E-state index in [0.717, 1.165) is 11.4 Å². The average Bonchev–Trinajstić information content (AvgIpc) is 2.70. The van der Waals surface area contributed by atoms with Crippen LogP contribution in [0.1, 0.15) is 17.4 Å². The zero-order valence-corrected chi connectivity index (χ0v) is 15.1. The van der Waals surface area contributed by atoms with Crippen molar-refractivity contribution in [1.82, 2.24) is 9.97 Å². The van der Waals surface area contributed by atoms with Gasteiger partial charge in [0.15, 0.2) is 0 Å². The van der Waals surface area contributed by atoms with Gasteiger partial charge in [-0.1, -0.05) is 6.07 Å². The first-order valence-electron chi connectivity index (χ1n) is 8.45. The first-order valence-corrected chi connectivity index (χ1v) is 8.45. The van der Waals surface area contributed by atoms with E-state index < -0.39 is 0 Å². The van der Waals surface area contributed by atoms with E-state index in [1.807, 2.05) is 31.2 Å². The van der Waals surface area contributed by atoms with Crippen molar-refractivity contribution in [3.63, 3.8) is 0 Å². The number of hydrogen-bond acceptors (Lipinski definition) is 6. The van der Waals surface area contributed by atoms with E-state index in [1.54, 1.807) is 37.4 Å². The highest BCUT2D eigenvalue weighted by Crippen LogP contribution is 2.20. The molecule has 0 unspecified atom stereocenters. The fraction of sp³-hybridized carbons (Fsp3) is 0.150. The molecular weight excluding hydrogens is 344 g/mol. The number of rotatable bonds is 7.